The molecule has 0 unspecified atom stereocenters. The van der Waals surface area contributed by atoms with Gasteiger partial charge >= 0.3 is 0 Å². The van der Waals surface area contributed by atoms with Crippen molar-refractivity contribution in [2.75, 3.05) is 0 Å². The molecule has 0 atom stereocenters. The van der Waals surface area contributed by atoms with Crippen LogP contribution in [-0.2, 0) is 0 Å². The molecule has 0 amide bonds. The van der Waals surface area contributed by atoms with Crippen LogP contribution in [0.3, 0.4) is 0 Å². The molecule has 0 N–H and O–H groups in total. The Kier molecular flexibility index (Phi) is 2.01. The first kappa shape index (κ1) is 10.6. The molecule has 0 bridgehead atoms. The van der Waals surface area contributed by atoms with Crippen LogP contribution in [0.1, 0.15) is 46.2 Å². The third kappa shape index (κ3) is 1.30. The molecular formula is C14H11N3O2. The lowest BCUT2D eigenvalue weighted by Crippen LogP contribution is -2.28. The molecular weight excluding hydrogens is 242 g/mol. The van der Waals surface area contributed by atoms with E-state index >= 15 is 0 Å². The van der Waals surface area contributed by atoms with Gasteiger partial charge in [0.2, 0.25) is 5.78 Å². The van der Waals surface area contributed by atoms with Gasteiger partial charge in [0.15, 0.2) is 0 Å². The number of aromatic nitrogens is 3. The number of benzene rings is 1. The SMILES string of the molecule is O=C1C(=O)c2c(nnn2C2CCC2)-c2ccccc21. The van der Waals surface area contributed by atoms with Gasteiger partial charge in [-0.25, -0.2) is 4.68 Å². The van der Waals surface area contributed by atoms with Gasteiger partial charge in [-0.1, -0.05) is 29.5 Å². The Morgan fingerprint density at radius 1 is 1.05 bits per heavy atom. The topological polar surface area (TPSA) is 64.8 Å². The van der Waals surface area contributed by atoms with E-state index in [-0.39, 0.29) is 6.04 Å². The third-order valence-corrected chi connectivity index (χ3v) is 3.96. The summed E-state index contributed by atoms with van der Waals surface area (Å²) < 4.78 is 1.65. The van der Waals surface area contributed by atoms with Crippen LogP contribution < -0.4 is 0 Å². The Morgan fingerprint density at radius 2 is 1.79 bits per heavy atom. The van der Waals surface area contributed by atoms with Gasteiger partial charge in [0.05, 0.1) is 6.04 Å². The number of carbonyl (C=O) groups excluding carboxylic acids is 2. The summed E-state index contributed by atoms with van der Waals surface area (Å²) in [6.07, 6.45) is 3.13. The first-order valence-corrected chi connectivity index (χ1v) is 6.41. The summed E-state index contributed by atoms with van der Waals surface area (Å²) in [5.41, 5.74) is 2.06. The monoisotopic (exact) mass is 253 g/mol. The summed E-state index contributed by atoms with van der Waals surface area (Å²) >= 11 is 0. The van der Waals surface area contributed by atoms with Gasteiger partial charge in [-0.3, -0.25) is 9.59 Å². The van der Waals surface area contributed by atoms with Gasteiger partial charge in [0.25, 0.3) is 5.78 Å². The molecule has 19 heavy (non-hydrogen) atoms. The molecule has 0 aliphatic heterocycles. The van der Waals surface area contributed by atoms with Gasteiger partial charge in [-0.2, -0.15) is 0 Å². The molecule has 1 aromatic carbocycles. The van der Waals surface area contributed by atoms with Crippen molar-refractivity contribution in [3.63, 3.8) is 0 Å². The van der Waals surface area contributed by atoms with Gasteiger partial charge in [-0.05, 0) is 19.3 Å². The van der Waals surface area contributed by atoms with Crippen LogP contribution in [0.2, 0.25) is 0 Å². The molecule has 0 saturated heterocycles. The molecule has 1 fully saturated rings. The molecule has 0 spiro atoms. The van der Waals surface area contributed by atoms with Crippen molar-refractivity contribution in [1.82, 2.24) is 15.0 Å². The number of fused-ring (bicyclic) bond motifs is 3. The second kappa shape index (κ2) is 3.60. The van der Waals surface area contributed by atoms with E-state index in [1.54, 1.807) is 16.8 Å². The van der Waals surface area contributed by atoms with E-state index in [1.165, 1.54) is 0 Å². The minimum atomic E-state index is -0.481. The van der Waals surface area contributed by atoms with E-state index in [1.807, 2.05) is 12.1 Å². The molecule has 2 aromatic rings. The first-order valence-electron chi connectivity index (χ1n) is 6.41. The molecule has 2 aliphatic carbocycles. The maximum Gasteiger partial charge on any atom is 0.253 e. The highest BCUT2D eigenvalue weighted by Gasteiger charge is 2.37. The van der Waals surface area contributed by atoms with Gasteiger partial charge in [0, 0.05) is 11.1 Å². The molecule has 0 radical (unpaired) electrons. The van der Waals surface area contributed by atoms with Crippen molar-refractivity contribution in [2.45, 2.75) is 25.3 Å². The van der Waals surface area contributed by atoms with E-state index in [4.69, 9.17) is 0 Å². The summed E-state index contributed by atoms with van der Waals surface area (Å²) in [7, 11) is 0. The van der Waals surface area contributed by atoms with Crippen LogP contribution in [0.5, 0.6) is 0 Å². The summed E-state index contributed by atoms with van der Waals surface area (Å²) in [5.74, 6) is -0.934. The quantitative estimate of drug-likeness (QED) is 0.729. The highest BCUT2D eigenvalue weighted by molar-refractivity contribution is 6.52. The Hall–Kier alpha value is -2.30. The number of ketones is 2. The summed E-state index contributed by atoms with van der Waals surface area (Å²) in [6.45, 7) is 0. The normalized spacial score (nSPS) is 17.9. The van der Waals surface area contributed by atoms with Crippen LogP contribution in [-0.4, -0.2) is 26.6 Å². The van der Waals surface area contributed by atoms with Gasteiger partial charge in [-0.15, -0.1) is 5.10 Å². The Bertz CT molecular complexity index is 713. The number of carbonyl (C=O) groups is 2. The molecule has 5 heteroatoms. The number of rotatable bonds is 1. The van der Waals surface area contributed by atoms with E-state index in [9.17, 15) is 9.59 Å². The zero-order valence-corrected chi connectivity index (χ0v) is 10.2. The molecule has 4 rings (SSSR count). The lowest BCUT2D eigenvalue weighted by atomic mass is 9.88. The van der Waals surface area contributed by atoms with E-state index in [0.29, 0.717) is 22.5 Å². The summed E-state index contributed by atoms with van der Waals surface area (Å²) in [4.78, 5) is 24.4. The zero-order chi connectivity index (χ0) is 13.0. The van der Waals surface area contributed by atoms with E-state index in [0.717, 1.165) is 19.3 Å². The maximum atomic E-state index is 12.3. The Labute approximate surface area is 109 Å². The third-order valence-electron chi connectivity index (χ3n) is 3.96. The molecule has 94 valence electrons. The smallest absolute Gasteiger partial charge is 0.253 e. The summed E-state index contributed by atoms with van der Waals surface area (Å²) in [6, 6.07) is 7.30. The second-order valence-corrected chi connectivity index (χ2v) is 5.02. The summed E-state index contributed by atoms with van der Waals surface area (Å²) in [5, 5.41) is 8.22. The van der Waals surface area contributed by atoms with Crippen molar-refractivity contribution in [1.29, 1.82) is 0 Å². The van der Waals surface area contributed by atoms with Gasteiger partial charge < -0.3 is 0 Å². The lowest BCUT2D eigenvalue weighted by Gasteiger charge is -2.27. The lowest BCUT2D eigenvalue weighted by molar-refractivity contribution is 0.0805. The van der Waals surface area contributed by atoms with Gasteiger partial charge in [0.1, 0.15) is 11.4 Å². The Balaban J connectivity index is 1.98. The van der Waals surface area contributed by atoms with Crippen molar-refractivity contribution in [3.05, 3.63) is 35.5 Å². The number of nitrogens with zero attached hydrogens (tertiary/aromatic N) is 3. The molecule has 2 aliphatic rings. The minimum Gasteiger partial charge on any atom is -0.285 e. The average molecular weight is 253 g/mol. The van der Waals surface area contributed by atoms with Crippen LogP contribution in [0.4, 0.5) is 0 Å². The average Bonchev–Trinajstić information content (AvgIpc) is 2.79. The zero-order valence-electron chi connectivity index (χ0n) is 10.2. The fourth-order valence-electron chi connectivity index (χ4n) is 2.69. The minimum absolute atomic E-state index is 0.221. The highest BCUT2D eigenvalue weighted by atomic mass is 16.2. The fourth-order valence-corrected chi connectivity index (χ4v) is 2.69. The number of Topliss-reactive ketones (excluding diaryl/α,β-unsaturated/α-hetero) is 2. The molecule has 1 aromatic heterocycles. The molecule has 1 heterocycles. The number of hydrogen-bond acceptors (Lipinski definition) is 4. The second-order valence-electron chi connectivity index (χ2n) is 5.02. The predicted molar refractivity (Wildman–Crippen MR) is 67.0 cm³/mol. The first-order chi connectivity index (χ1) is 9.27. The standard InChI is InChI=1S/C14H11N3O2/c18-13-10-7-2-1-6-9(10)11-12(14(13)19)17(16-15-11)8-4-3-5-8/h1-2,6-8H,3-5H2. The maximum absolute atomic E-state index is 12.3. The van der Waals surface area contributed by atoms with Crippen molar-refractivity contribution < 1.29 is 9.59 Å². The largest absolute Gasteiger partial charge is 0.285 e. The number of hydrogen-bond donors (Lipinski definition) is 0. The van der Waals surface area contributed by atoms with Crippen LogP contribution in [0.25, 0.3) is 11.3 Å². The van der Waals surface area contributed by atoms with E-state index < -0.39 is 11.6 Å². The van der Waals surface area contributed by atoms with Crippen LogP contribution in [0.15, 0.2) is 24.3 Å². The van der Waals surface area contributed by atoms with Crippen molar-refractivity contribution in [3.8, 4) is 11.3 Å². The highest BCUT2D eigenvalue weighted by Crippen LogP contribution is 2.37. The van der Waals surface area contributed by atoms with Crippen molar-refractivity contribution >= 4 is 11.6 Å². The van der Waals surface area contributed by atoms with Crippen LogP contribution in [0, 0.1) is 0 Å². The van der Waals surface area contributed by atoms with E-state index in [2.05, 4.69) is 10.3 Å². The molecule has 5 nitrogen and oxygen atoms in total. The predicted octanol–water partition coefficient (Wildman–Crippen LogP) is 2.05. The Morgan fingerprint density at radius 3 is 2.47 bits per heavy atom. The van der Waals surface area contributed by atoms with Crippen molar-refractivity contribution in [2.24, 2.45) is 0 Å². The van der Waals surface area contributed by atoms with Crippen LogP contribution >= 0.6 is 0 Å². The molecule has 1 saturated carbocycles. The fraction of sp³-hybridized carbons (Fsp3) is 0.286.